The Morgan fingerprint density at radius 1 is 1.38 bits per heavy atom. The van der Waals surface area contributed by atoms with Gasteiger partial charge in [0.05, 0.1) is 13.2 Å². The van der Waals surface area contributed by atoms with E-state index in [1.165, 1.54) is 0 Å². The Labute approximate surface area is 87.1 Å². The van der Waals surface area contributed by atoms with E-state index in [1.54, 1.807) is 6.92 Å². The summed E-state index contributed by atoms with van der Waals surface area (Å²) in [5, 5.41) is 1.01. The highest BCUT2D eigenvalue weighted by atomic mass is 79.9. The summed E-state index contributed by atoms with van der Waals surface area (Å²) in [5.41, 5.74) is 2.19. The third-order valence-corrected chi connectivity index (χ3v) is 1.87. The number of hydroxylamine groups is 1. The van der Waals surface area contributed by atoms with Gasteiger partial charge >= 0.3 is 6.09 Å². The number of hydrogen-bond acceptors (Lipinski definition) is 3. The predicted octanol–water partition coefficient (Wildman–Crippen LogP) is 2.23. The van der Waals surface area contributed by atoms with Gasteiger partial charge in [-0.3, -0.25) is 4.84 Å². The summed E-state index contributed by atoms with van der Waals surface area (Å²) in [7, 11) is 0. The molecule has 0 fully saturated rings. The van der Waals surface area contributed by atoms with Gasteiger partial charge in [-0.2, -0.15) is 5.48 Å². The molecule has 0 unspecified atom stereocenters. The highest BCUT2D eigenvalue weighted by Crippen LogP contribution is 1.97. The van der Waals surface area contributed by atoms with Crippen LogP contribution in [-0.4, -0.2) is 24.6 Å². The maximum absolute atomic E-state index is 10.7. The fourth-order valence-electron chi connectivity index (χ4n) is 0.716. The van der Waals surface area contributed by atoms with Crippen molar-refractivity contribution in [3.8, 4) is 0 Å². The van der Waals surface area contributed by atoms with E-state index in [0.29, 0.717) is 13.2 Å². The minimum atomic E-state index is -0.525. The molecular formula is C8H16BrNO3. The molecule has 0 aliphatic carbocycles. The van der Waals surface area contributed by atoms with Crippen molar-refractivity contribution < 1.29 is 14.4 Å². The van der Waals surface area contributed by atoms with E-state index < -0.39 is 6.09 Å². The fourth-order valence-corrected chi connectivity index (χ4v) is 1.11. The Hall–Kier alpha value is -0.290. The third-order valence-electron chi connectivity index (χ3n) is 1.31. The average molecular weight is 254 g/mol. The van der Waals surface area contributed by atoms with Crippen LogP contribution < -0.4 is 5.48 Å². The van der Waals surface area contributed by atoms with E-state index in [1.807, 2.05) is 0 Å². The molecule has 4 nitrogen and oxygen atoms in total. The van der Waals surface area contributed by atoms with E-state index >= 15 is 0 Å². The number of rotatable bonds is 7. The molecule has 0 aliphatic rings. The summed E-state index contributed by atoms with van der Waals surface area (Å²) in [6.07, 6.45) is 2.64. The molecule has 1 amide bonds. The second kappa shape index (κ2) is 9.80. The number of hydrogen-bond donors (Lipinski definition) is 1. The molecule has 0 aromatic carbocycles. The monoisotopic (exact) mass is 253 g/mol. The summed E-state index contributed by atoms with van der Waals surface area (Å²) < 4.78 is 4.59. The van der Waals surface area contributed by atoms with Crippen LogP contribution in [0.2, 0.25) is 0 Å². The van der Waals surface area contributed by atoms with Crippen molar-refractivity contribution in [3.05, 3.63) is 0 Å². The van der Waals surface area contributed by atoms with Crippen LogP contribution in [0.4, 0.5) is 4.79 Å². The first-order chi connectivity index (χ1) is 6.31. The van der Waals surface area contributed by atoms with Gasteiger partial charge in [0, 0.05) is 5.33 Å². The summed E-state index contributed by atoms with van der Waals surface area (Å²) >= 11 is 3.33. The molecule has 0 spiro atoms. The zero-order valence-corrected chi connectivity index (χ0v) is 9.43. The van der Waals surface area contributed by atoms with Gasteiger partial charge in [0.2, 0.25) is 0 Å². The Balaban J connectivity index is 3.02. The lowest BCUT2D eigenvalue weighted by Gasteiger charge is -2.04. The van der Waals surface area contributed by atoms with Gasteiger partial charge in [-0.1, -0.05) is 22.4 Å². The minimum Gasteiger partial charge on any atom is -0.448 e. The lowest BCUT2D eigenvalue weighted by Crippen LogP contribution is -2.24. The van der Waals surface area contributed by atoms with Gasteiger partial charge in [-0.25, -0.2) is 4.79 Å². The molecule has 0 heterocycles. The SMILES string of the molecule is CCOC(=O)NOCCCCCBr. The van der Waals surface area contributed by atoms with Crippen molar-refractivity contribution in [2.45, 2.75) is 26.2 Å². The van der Waals surface area contributed by atoms with Gasteiger partial charge in [-0.05, 0) is 19.8 Å². The number of alkyl halides is 1. The second-order valence-electron chi connectivity index (χ2n) is 2.42. The number of nitrogens with one attached hydrogen (secondary N) is 1. The van der Waals surface area contributed by atoms with E-state index in [9.17, 15) is 4.79 Å². The van der Waals surface area contributed by atoms with Crippen LogP contribution in [0.15, 0.2) is 0 Å². The molecular weight excluding hydrogens is 238 g/mol. The highest BCUT2D eigenvalue weighted by molar-refractivity contribution is 9.09. The first kappa shape index (κ1) is 12.7. The molecule has 13 heavy (non-hydrogen) atoms. The van der Waals surface area contributed by atoms with Gasteiger partial charge in [0.15, 0.2) is 0 Å². The largest absolute Gasteiger partial charge is 0.448 e. The quantitative estimate of drug-likeness (QED) is 0.430. The number of carbonyl (C=O) groups excluding carboxylic acids is 1. The zero-order chi connectivity index (χ0) is 9.94. The van der Waals surface area contributed by atoms with Crippen molar-refractivity contribution in [3.63, 3.8) is 0 Å². The molecule has 0 aliphatic heterocycles. The van der Waals surface area contributed by atoms with E-state index in [4.69, 9.17) is 4.84 Å². The maximum Gasteiger partial charge on any atom is 0.431 e. The van der Waals surface area contributed by atoms with Crippen LogP contribution in [0.25, 0.3) is 0 Å². The minimum absolute atomic E-state index is 0.360. The van der Waals surface area contributed by atoms with Gasteiger partial charge in [0.25, 0.3) is 0 Å². The van der Waals surface area contributed by atoms with Crippen LogP contribution in [0.3, 0.4) is 0 Å². The van der Waals surface area contributed by atoms with Crippen LogP contribution in [0.1, 0.15) is 26.2 Å². The van der Waals surface area contributed by atoms with Crippen molar-refractivity contribution in [2.24, 2.45) is 0 Å². The number of halogens is 1. The molecule has 0 aromatic rings. The normalized spacial score (nSPS) is 9.69. The fraction of sp³-hybridized carbons (Fsp3) is 0.875. The van der Waals surface area contributed by atoms with E-state index in [2.05, 4.69) is 26.1 Å². The van der Waals surface area contributed by atoms with Crippen LogP contribution >= 0.6 is 15.9 Å². The molecule has 1 N–H and O–H groups in total. The van der Waals surface area contributed by atoms with Crippen molar-refractivity contribution >= 4 is 22.0 Å². The average Bonchev–Trinajstić information content (AvgIpc) is 2.11. The lowest BCUT2D eigenvalue weighted by molar-refractivity contribution is 0.0278. The number of unbranched alkanes of at least 4 members (excludes halogenated alkanes) is 2. The zero-order valence-electron chi connectivity index (χ0n) is 7.85. The summed E-state index contributed by atoms with van der Waals surface area (Å²) in [6.45, 7) is 2.64. The molecule has 0 rings (SSSR count). The Morgan fingerprint density at radius 3 is 2.77 bits per heavy atom. The Kier molecular flexibility index (Phi) is 9.58. The Morgan fingerprint density at radius 2 is 2.15 bits per heavy atom. The molecule has 0 radical (unpaired) electrons. The van der Waals surface area contributed by atoms with Gasteiger partial charge in [-0.15, -0.1) is 0 Å². The van der Waals surface area contributed by atoms with Crippen molar-refractivity contribution in [1.82, 2.24) is 5.48 Å². The van der Waals surface area contributed by atoms with Crippen LogP contribution in [0, 0.1) is 0 Å². The smallest absolute Gasteiger partial charge is 0.431 e. The first-order valence-electron chi connectivity index (χ1n) is 4.41. The molecule has 0 atom stereocenters. The number of carbonyl (C=O) groups is 1. The molecule has 0 bridgehead atoms. The molecule has 0 saturated heterocycles. The topological polar surface area (TPSA) is 47.6 Å². The molecule has 5 heteroatoms. The lowest BCUT2D eigenvalue weighted by atomic mass is 10.3. The predicted molar refractivity (Wildman–Crippen MR) is 53.8 cm³/mol. The number of ether oxygens (including phenoxy) is 1. The maximum atomic E-state index is 10.7. The van der Waals surface area contributed by atoms with Gasteiger partial charge in [0.1, 0.15) is 0 Å². The summed E-state index contributed by atoms with van der Waals surface area (Å²) in [6, 6.07) is 0. The van der Waals surface area contributed by atoms with E-state index in [-0.39, 0.29) is 0 Å². The van der Waals surface area contributed by atoms with Crippen LogP contribution in [0.5, 0.6) is 0 Å². The Bertz CT molecular complexity index is 133. The second-order valence-corrected chi connectivity index (χ2v) is 3.21. The van der Waals surface area contributed by atoms with Crippen LogP contribution in [-0.2, 0) is 9.57 Å². The first-order valence-corrected chi connectivity index (χ1v) is 5.54. The van der Waals surface area contributed by atoms with Gasteiger partial charge < -0.3 is 4.74 Å². The standard InChI is InChI=1S/C8H16BrNO3/c1-2-12-8(11)10-13-7-5-3-4-6-9/h2-7H2,1H3,(H,10,11). The highest BCUT2D eigenvalue weighted by Gasteiger charge is 1.97. The van der Waals surface area contributed by atoms with Crippen molar-refractivity contribution in [1.29, 1.82) is 0 Å². The molecule has 0 aromatic heterocycles. The molecule has 0 saturated carbocycles. The number of amides is 1. The third kappa shape index (κ3) is 9.63. The summed E-state index contributed by atoms with van der Waals surface area (Å²) in [5.74, 6) is 0. The molecule has 78 valence electrons. The summed E-state index contributed by atoms with van der Waals surface area (Å²) in [4.78, 5) is 15.5. The van der Waals surface area contributed by atoms with Crippen molar-refractivity contribution in [2.75, 3.05) is 18.5 Å². The van der Waals surface area contributed by atoms with E-state index in [0.717, 1.165) is 24.6 Å².